The van der Waals surface area contributed by atoms with Gasteiger partial charge < -0.3 is 10.6 Å². The van der Waals surface area contributed by atoms with Crippen LogP contribution in [0.4, 0.5) is 23.4 Å². The van der Waals surface area contributed by atoms with Crippen molar-refractivity contribution < 1.29 is 27.2 Å². The summed E-state index contributed by atoms with van der Waals surface area (Å²) in [5.41, 5.74) is 0.936. The molecule has 2 atom stereocenters. The normalized spacial score (nSPS) is 17.2. The van der Waals surface area contributed by atoms with E-state index in [0.717, 1.165) is 18.2 Å². The number of alkyl halides is 3. The Bertz CT molecular complexity index is 1480. The summed E-state index contributed by atoms with van der Waals surface area (Å²) in [5, 5.41) is 9.91. The van der Waals surface area contributed by atoms with Crippen molar-refractivity contribution in [1.82, 2.24) is 20.1 Å². The zero-order valence-corrected chi connectivity index (χ0v) is 19.3. The summed E-state index contributed by atoms with van der Waals surface area (Å²) >= 11 is 0. The number of aryl methyl sites for hydroxylation is 1. The second-order valence-corrected chi connectivity index (χ2v) is 8.51. The Kier molecular flexibility index (Phi) is 5.98. The second-order valence-electron chi connectivity index (χ2n) is 8.51. The number of para-hydroxylation sites is 1. The Morgan fingerprint density at radius 3 is 2.49 bits per heavy atom. The maximum atomic E-state index is 13.6. The van der Waals surface area contributed by atoms with E-state index in [9.17, 15) is 27.2 Å². The lowest BCUT2D eigenvalue weighted by atomic mass is 9.82. The number of benzene rings is 2. The van der Waals surface area contributed by atoms with Gasteiger partial charge in [0, 0.05) is 23.2 Å². The maximum absolute atomic E-state index is 13.6. The van der Waals surface area contributed by atoms with E-state index >= 15 is 0 Å². The number of aromatic nitrogens is 3. The summed E-state index contributed by atoms with van der Waals surface area (Å²) in [5.74, 6) is -2.69. The van der Waals surface area contributed by atoms with Crippen LogP contribution in [0.3, 0.4) is 0 Å². The zero-order chi connectivity index (χ0) is 26.3. The molecule has 1 aliphatic heterocycles. The first kappa shape index (κ1) is 24.2. The van der Waals surface area contributed by atoms with Gasteiger partial charge in [-0.05, 0) is 48.9 Å². The maximum Gasteiger partial charge on any atom is 0.416 e. The molecule has 3 heterocycles. The molecule has 2 aromatic carbocycles. The van der Waals surface area contributed by atoms with Crippen molar-refractivity contribution in [3.05, 3.63) is 107 Å². The fourth-order valence-corrected chi connectivity index (χ4v) is 4.44. The van der Waals surface area contributed by atoms with E-state index in [2.05, 4.69) is 20.7 Å². The fourth-order valence-electron chi connectivity index (χ4n) is 4.44. The zero-order valence-electron chi connectivity index (χ0n) is 19.3. The number of nitrogens with one attached hydrogen (secondary N) is 2. The van der Waals surface area contributed by atoms with E-state index in [1.807, 2.05) is 18.2 Å². The minimum atomic E-state index is -4.64. The molecule has 0 spiro atoms. The number of pyridine rings is 1. The molecule has 0 unspecified atom stereocenters. The van der Waals surface area contributed by atoms with Gasteiger partial charge in [-0.25, -0.2) is 9.67 Å². The first-order valence-electron chi connectivity index (χ1n) is 11.2. The summed E-state index contributed by atoms with van der Waals surface area (Å²) in [4.78, 5) is 30.1. The van der Waals surface area contributed by atoms with E-state index in [1.165, 1.54) is 18.3 Å². The molecule has 188 valence electrons. The smallest absolute Gasteiger partial charge is 0.339 e. The predicted molar refractivity (Wildman–Crippen MR) is 126 cm³/mol. The van der Waals surface area contributed by atoms with Gasteiger partial charge in [0.2, 0.25) is 11.9 Å². The highest BCUT2D eigenvalue weighted by Crippen LogP contribution is 2.40. The molecule has 4 aromatic rings. The molecule has 0 saturated heterocycles. The third-order valence-electron chi connectivity index (χ3n) is 6.12. The van der Waals surface area contributed by atoms with Gasteiger partial charge in [-0.3, -0.25) is 9.59 Å². The lowest BCUT2D eigenvalue weighted by Crippen LogP contribution is -2.50. The summed E-state index contributed by atoms with van der Waals surface area (Å²) in [6, 6.07) is 14.3. The molecule has 2 amide bonds. The number of rotatable bonds is 4. The molecule has 2 aromatic heterocycles. The van der Waals surface area contributed by atoms with Crippen molar-refractivity contribution in [2.24, 2.45) is 0 Å². The lowest BCUT2D eigenvalue weighted by Gasteiger charge is -2.32. The summed E-state index contributed by atoms with van der Waals surface area (Å²) < 4.78 is 54.7. The number of hydrogen-bond donors (Lipinski definition) is 2. The van der Waals surface area contributed by atoms with Gasteiger partial charge in [0.25, 0.3) is 5.91 Å². The van der Waals surface area contributed by atoms with E-state index in [-0.39, 0.29) is 5.56 Å². The number of carbonyl (C=O) groups is 2. The van der Waals surface area contributed by atoms with Crippen LogP contribution in [0.25, 0.3) is 5.69 Å². The van der Waals surface area contributed by atoms with Crippen molar-refractivity contribution in [1.29, 1.82) is 0 Å². The molecule has 0 radical (unpaired) electrons. The number of halogens is 4. The Labute approximate surface area is 208 Å². The summed E-state index contributed by atoms with van der Waals surface area (Å²) in [6.07, 6.45) is -3.38. The first-order chi connectivity index (χ1) is 17.6. The highest BCUT2D eigenvalue weighted by molar-refractivity contribution is 6.04. The largest absolute Gasteiger partial charge is 0.416 e. The van der Waals surface area contributed by atoms with Crippen molar-refractivity contribution in [3.63, 3.8) is 0 Å². The fraction of sp³-hybridized carbons (Fsp3) is 0.154. The van der Waals surface area contributed by atoms with E-state index in [1.54, 1.807) is 23.7 Å². The molecule has 0 bridgehead atoms. The third kappa shape index (κ3) is 4.55. The Morgan fingerprint density at radius 1 is 1.05 bits per heavy atom. The number of hydrogen-bond acceptors (Lipinski definition) is 4. The van der Waals surface area contributed by atoms with Gasteiger partial charge in [0.1, 0.15) is 11.9 Å². The first-order valence-corrected chi connectivity index (χ1v) is 11.2. The topological polar surface area (TPSA) is 88.9 Å². The highest BCUT2D eigenvalue weighted by Gasteiger charge is 2.42. The van der Waals surface area contributed by atoms with Crippen LogP contribution in [0, 0.1) is 12.9 Å². The number of amides is 2. The van der Waals surface area contributed by atoms with Crippen LogP contribution in [0.2, 0.25) is 0 Å². The quantitative estimate of drug-likeness (QED) is 0.311. The number of nitrogens with zero attached hydrogens (tertiary/aromatic N) is 3. The van der Waals surface area contributed by atoms with Gasteiger partial charge in [0.05, 0.1) is 16.9 Å². The molecule has 2 N–H and O–H groups in total. The summed E-state index contributed by atoms with van der Waals surface area (Å²) in [6.45, 7) is 1.73. The van der Waals surface area contributed by atoms with Crippen LogP contribution in [-0.2, 0) is 11.0 Å². The van der Waals surface area contributed by atoms with E-state index in [4.69, 9.17) is 0 Å². The minimum absolute atomic E-state index is 0.263. The minimum Gasteiger partial charge on any atom is -0.339 e. The van der Waals surface area contributed by atoms with Crippen molar-refractivity contribution in [2.75, 3.05) is 5.32 Å². The predicted octanol–water partition coefficient (Wildman–Crippen LogP) is 4.62. The lowest BCUT2D eigenvalue weighted by molar-refractivity contribution is -0.137. The van der Waals surface area contributed by atoms with Gasteiger partial charge in [-0.2, -0.15) is 22.7 Å². The molecule has 11 heteroatoms. The summed E-state index contributed by atoms with van der Waals surface area (Å²) in [7, 11) is 0. The molecule has 0 saturated carbocycles. The van der Waals surface area contributed by atoms with Crippen LogP contribution < -0.4 is 10.6 Å². The van der Waals surface area contributed by atoms with Crippen molar-refractivity contribution in [2.45, 2.75) is 25.1 Å². The van der Waals surface area contributed by atoms with Crippen molar-refractivity contribution in [3.8, 4) is 5.69 Å². The Hall–Kier alpha value is -4.54. The average molecular weight is 509 g/mol. The van der Waals surface area contributed by atoms with Crippen LogP contribution in [0.5, 0.6) is 0 Å². The van der Waals surface area contributed by atoms with Crippen LogP contribution in [0.1, 0.15) is 38.7 Å². The second kappa shape index (κ2) is 9.16. The molecular formula is C26H19F4N5O2. The van der Waals surface area contributed by atoms with Gasteiger partial charge in [0.15, 0.2) is 0 Å². The van der Waals surface area contributed by atoms with Gasteiger partial charge in [-0.15, -0.1) is 0 Å². The third-order valence-corrected chi connectivity index (χ3v) is 6.12. The van der Waals surface area contributed by atoms with Gasteiger partial charge in [-0.1, -0.05) is 30.3 Å². The molecule has 0 aliphatic carbocycles. The van der Waals surface area contributed by atoms with E-state index in [0.29, 0.717) is 34.4 Å². The van der Waals surface area contributed by atoms with Crippen LogP contribution in [-0.4, -0.2) is 32.6 Å². The van der Waals surface area contributed by atoms with Crippen LogP contribution in [0.15, 0.2) is 72.9 Å². The Morgan fingerprint density at radius 2 is 1.81 bits per heavy atom. The van der Waals surface area contributed by atoms with Crippen molar-refractivity contribution >= 4 is 17.6 Å². The molecule has 7 nitrogen and oxygen atoms in total. The standard InChI is InChI=1S/C26H19F4N5O2/c1-14-20-21(16-10-11-19(27)31-13-16)22(32-24(36)15-6-5-7-17(12-15)26(28,29)30)25(37)33-23(20)35(34-14)18-8-3-2-4-9-18/h2-13,21-22H,1H3,(H,32,36)(H,33,37)/t21-,22-/m0/s1. The molecule has 1 aliphatic rings. The molecule has 5 rings (SSSR count). The average Bonchev–Trinajstić information content (AvgIpc) is 3.20. The van der Waals surface area contributed by atoms with Crippen LogP contribution >= 0.6 is 0 Å². The van der Waals surface area contributed by atoms with Gasteiger partial charge >= 0.3 is 6.18 Å². The molecular weight excluding hydrogens is 490 g/mol. The van der Waals surface area contributed by atoms with E-state index < -0.39 is 41.5 Å². The number of fused-ring (bicyclic) bond motifs is 1. The monoisotopic (exact) mass is 509 g/mol. The Balaban J connectivity index is 1.59. The number of carbonyl (C=O) groups excluding carboxylic acids is 2. The number of anilines is 1. The molecule has 0 fully saturated rings. The molecule has 37 heavy (non-hydrogen) atoms. The SMILES string of the molecule is Cc1nn(-c2ccccc2)c2c1[C@H](c1ccc(F)nc1)[C@H](NC(=O)c1cccc(C(F)(F)F)c1)C(=O)N2. The highest BCUT2D eigenvalue weighted by atomic mass is 19.4.